The molecule has 166 valence electrons. The van der Waals surface area contributed by atoms with Crippen LogP contribution in [0.4, 0.5) is 5.82 Å². The Morgan fingerprint density at radius 2 is 1.73 bits per heavy atom. The first-order valence-electron chi connectivity index (χ1n) is 10.4. The van der Waals surface area contributed by atoms with Gasteiger partial charge in [-0.25, -0.2) is 14.2 Å². The molecule has 0 radical (unpaired) electrons. The number of rotatable bonds is 9. The molecule has 0 fully saturated rings. The van der Waals surface area contributed by atoms with E-state index in [0.29, 0.717) is 31.1 Å². The molecule has 0 aliphatic carbocycles. The van der Waals surface area contributed by atoms with Crippen molar-refractivity contribution < 1.29 is 9.47 Å². The summed E-state index contributed by atoms with van der Waals surface area (Å²) in [6.45, 7) is 1.11. The highest BCUT2D eigenvalue weighted by molar-refractivity contribution is 5.78. The lowest BCUT2D eigenvalue weighted by atomic mass is 10.2. The molecule has 0 atom stereocenters. The summed E-state index contributed by atoms with van der Waals surface area (Å²) in [5.74, 6) is 1.22. The topological polar surface area (TPSA) is 105 Å². The molecule has 33 heavy (non-hydrogen) atoms. The number of tetrazole rings is 1. The number of hydrogen-bond donors (Lipinski definition) is 1. The summed E-state index contributed by atoms with van der Waals surface area (Å²) < 4.78 is 15.1. The summed E-state index contributed by atoms with van der Waals surface area (Å²) in [5.41, 5.74) is 3.51. The van der Waals surface area contributed by atoms with Crippen molar-refractivity contribution in [2.45, 2.75) is 13.2 Å². The Morgan fingerprint density at radius 3 is 2.58 bits per heavy atom. The number of hydrogen-bond acceptors (Lipinski definition) is 8. The second kappa shape index (κ2) is 9.45. The van der Waals surface area contributed by atoms with E-state index in [-0.39, 0.29) is 6.61 Å². The molecule has 0 unspecified atom stereocenters. The zero-order chi connectivity index (χ0) is 22.5. The summed E-state index contributed by atoms with van der Waals surface area (Å²) in [6.07, 6.45) is 0. The number of aromatic nitrogens is 7. The molecule has 10 heteroatoms. The zero-order valence-electron chi connectivity index (χ0n) is 18.0. The van der Waals surface area contributed by atoms with Crippen LogP contribution >= 0.6 is 0 Å². The molecule has 0 saturated carbocycles. The number of para-hydroxylation sites is 2. The Kier molecular flexibility index (Phi) is 5.89. The van der Waals surface area contributed by atoms with Gasteiger partial charge in [0.1, 0.15) is 19.2 Å². The molecule has 5 aromatic rings. The Balaban J connectivity index is 1.26. The summed E-state index contributed by atoms with van der Waals surface area (Å²) in [5, 5.41) is 14.9. The minimum absolute atomic E-state index is 0.231. The van der Waals surface area contributed by atoms with Crippen LogP contribution in [0.5, 0.6) is 6.01 Å². The third-order valence-electron chi connectivity index (χ3n) is 4.95. The zero-order valence-corrected chi connectivity index (χ0v) is 18.0. The molecule has 5 rings (SSSR count). The summed E-state index contributed by atoms with van der Waals surface area (Å²) >= 11 is 0. The molecular formula is C23H22N8O2. The number of nitrogens with zero attached hydrogens (tertiary/aromatic N) is 7. The number of fused-ring (bicyclic) bond motifs is 1. The molecule has 0 amide bonds. The average Bonchev–Trinajstić information content (AvgIpc) is 3.44. The molecule has 0 aliphatic rings. The first-order valence-corrected chi connectivity index (χ1v) is 10.4. The van der Waals surface area contributed by atoms with Crippen molar-refractivity contribution in [3.05, 3.63) is 84.1 Å². The molecule has 0 bridgehead atoms. The van der Waals surface area contributed by atoms with Gasteiger partial charge in [0.25, 0.3) is 5.95 Å². The van der Waals surface area contributed by atoms with Gasteiger partial charge in [-0.3, -0.25) is 0 Å². The highest BCUT2D eigenvalue weighted by Crippen LogP contribution is 2.25. The van der Waals surface area contributed by atoms with Crippen LogP contribution < -0.4 is 10.1 Å². The average molecular weight is 442 g/mol. The van der Waals surface area contributed by atoms with Gasteiger partial charge in [-0.05, 0) is 40.3 Å². The van der Waals surface area contributed by atoms with Crippen LogP contribution in [0.1, 0.15) is 11.3 Å². The second-order valence-corrected chi connectivity index (χ2v) is 7.28. The largest absolute Gasteiger partial charge is 0.458 e. The van der Waals surface area contributed by atoms with E-state index in [4.69, 9.17) is 9.47 Å². The van der Waals surface area contributed by atoms with Crippen LogP contribution in [-0.4, -0.2) is 41.5 Å². The van der Waals surface area contributed by atoms with Gasteiger partial charge in [0.15, 0.2) is 0 Å². The molecule has 0 spiro atoms. The quantitative estimate of drug-likeness (QED) is 0.274. The fourth-order valence-corrected chi connectivity index (χ4v) is 3.37. The van der Waals surface area contributed by atoms with Crippen LogP contribution in [0, 0.1) is 0 Å². The van der Waals surface area contributed by atoms with Gasteiger partial charge in [0.2, 0.25) is 0 Å². The molecule has 3 aromatic heterocycles. The summed E-state index contributed by atoms with van der Waals surface area (Å²) in [4.78, 5) is 9.20. The smallest absolute Gasteiger partial charge is 0.305 e. The number of ether oxygens (including phenoxy) is 2. The lowest BCUT2D eigenvalue weighted by Gasteiger charge is -2.10. The summed E-state index contributed by atoms with van der Waals surface area (Å²) in [7, 11) is 1.77. The van der Waals surface area contributed by atoms with Crippen molar-refractivity contribution in [1.82, 2.24) is 34.7 Å². The van der Waals surface area contributed by atoms with Crippen LogP contribution in [0.3, 0.4) is 0 Å². The number of nitrogens with one attached hydrogen (secondary N) is 1. The minimum Gasteiger partial charge on any atom is -0.458 e. The number of benzene rings is 2. The number of aryl methyl sites for hydroxylation is 1. The Bertz CT molecular complexity index is 1350. The summed E-state index contributed by atoms with van der Waals surface area (Å²) in [6, 6.07) is 23.8. The Hall–Kier alpha value is -4.31. The molecule has 2 aromatic carbocycles. The van der Waals surface area contributed by atoms with Crippen LogP contribution in [-0.2, 0) is 25.0 Å². The van der Waals surface area contributed by atoms with Gasteiger partial charge in [-0.15, -0.1) is 0 Å². The Morgan fingerprint density at radius 1 is 0.879 bits per heavy atom. The number of imidazole rings is 1. The van der Waals surface area contributed by atoms with Gasteiger partial charge in [0.05, 0.1) is 23.3 Å². The second-order valence-electron chi connectivity index (χ2n) is 7.28. The lowest BCUT2D eigenvalue weighted by Crippen LogP contribution is -2.10. The fraction of sp³-hybridized carbons (Fsp3) is 0.174. The van der Waals surface area contributed by atoms with Gasteiger partial charge in [-0.1, -0.05) is 53.6 Å². The van der Waals surface area contributed by atoms with Gasteiger partial charge in [-0.2, -0.15) is 4.98 Å². The lowest BCUT2D eigenvalue weighted by molar-refractivity contribution is 0.138. The van der Waals surface area contributed by atoms with Crippen molar-refractivity contribution in [1.29, 1.82) is 0 Å². The van der Waals surface area contributed by atoms with E-state index >= 15 is 0 Å². The predicted molar refractivity (Wildman–Crippen MR) is 122 cm³/mol. The van der Waals surface area contributed by atoms with E-state index in [1.54, 1.807) is 16.3 Å². The van der Waals surface area contributed by atoms with Crippen LogP contribution in [0.25, 0.3) is 17.0 Å². The maximum atomic E-state index is 6.05. The van der Waals surface area contributed by atoms with Crippen LogP contribution in [0.2, 0.25) is 0 Å². The normalized spacial score (nSPS) is 11.1. The molecule has 3 heterocycles. The number of pyridine rings is 1. The van der Waals surface area contributed by atoms with Gasteiger partial charge < -0.3 is 14.8 Å². The monoisotopic (exact) mass is 442 g/mol. The maximum absolute atomic E-state index is 6.05. The van der Waals surface area contributed by atoms with Crippen molar-refractivity contribution in [3.63, 3.8) is 0 Å². The standard InChI is InChI=1S/C23H22N8O2/c1-30-22(27-28-29-30)31-20-12-6-5-11-19(20)26-23(31)33-15-18-10-7-13-21(25-18)24-16-32-14-17-8-3-2-4-9-17/h2-13H,14-16H2,1H3,(H,24,25). The predicted octanol–water partition coefficient (Wildman–Crippen LogP) is 3.11. The SMILES string of the molecule is Cn1nnnc1-n1c(OCc2cccc(NCOCc3ccccc3)n2)nc2ccccc21. The third kappa shape index (κ3) is 4.65. The first-order chi connectivity index (χ1) is 16.3. The molecule has 0 aliphatic heterocycles. The minimum atomic E-state index is 0.231. The molecule has 10 nitrogen and oxygen atoms in total. The number of anilines is 1. The Labute approximate surface area is 189 Å². The highest BCUT2D eigenvalue weighted by Gasteiger charge is 2.18. The maximum Gasteiger partial charge on any atom is 0.305 e. The van der Waals surface area contributed by atoms with Gasteiger partial charge >= 0.3 is 6.01 Å². The van der Waals surface area contributed by atoms with E-state index in [1.807, 2.05) is 72.8 Å². The van der Waals surface area contributed by atoms with E-state index in [0.717, 1.165) is 22.3 Å². The van der Waals surface area contributed by atoms with Crippen molar-refractivity contribution >= 4 is 16.9 Å². The fourth-order valence-electron chi connectivity index (χ4n) is 3.37. The molecule has 0 saturated heterocycles. The van der Waals surface area contributed by atoms with E-state index in [9.17, 15) is 0 Å². The van der Waals surface area contributed by atoms with E-state index < -0.39 is 0 Å². The van der Waals surface area contributed by atoms with E-state index in [2.05, 4.69) is 30.8 Å². The van der Waals surface area contributed by atoms with Crippen molar-refractivity contribution in [3.8, 4) is 12.0 Å². The molecular weight excluding hydrogens is 420 g/mol. The van der Waals surface area contributed by atoms with Crippen molar-refractivity contribution in [2.24, 2.45) is 7.05 Å². The van der Waals surface area contributed by atoms with Crippen molar-refractivity contribution in [2.75, 3.05) is 12.0 Å². The van der Waals surface area contributed by atoms with Gasteiger partial charge in [0, 0.05) is 7.05 Å². The highest BCUT2D eigenvalue weighted by atomic mass is 16.5. The molecule has 1 N–H and O–H groups in total. The first kappa shape index (κ1) is 20.6. The van der Waals surface area contributed by atoms with E-state index in [1.165, 1.54) is 0 Å². The third-order valence-corrected chi connectivity index (χ3v) is 4.95. The van der Waals surface area contributed by atoms with Crippen LogP contribution in [0.15, 0.2) is 72.8 Å².